The topological polar surface area (TPSA) is 46.3 Å². The van der Waals surface area contributed by atoms with Gasteiger partial charge in [-0.3, -0.25) is 4.79 Å². The summed E-state index contributed by atoms with van der Waals surface area (Å²) >= 11 is 3.57. The minimum absolute atomic E-state index is 0.123. The second-order valence-corrected chi connectivity index (χ2v) is 7.17. The van der Waals surface area contributed by atoms with E-state index in [0.29, 0.717) is 18.5 Å². The zero-order chi connectivity index (χ0) is 14.3. The fraction of sp³-hybridized carbons (Fsp3) is 0.562. The molecule has 0 heterocycles. The molecule has 3 rings (SSSR count). The molecule has 4 heteroatoms. The Bertz CT molecular complexity index is 521. The molecular weight excluding hydrogens is 316 g/mol. The molecule has 0 bridgehead atoms. The molecule has 3 nitrogen and oxygen atoms in total. The lowest BCUT2D eigenvalue weighted by Gasteiger charge is -2.32. The van der Waals surface area contributed by atoms with Gasteiger partial charge in [-0.25, -0.2) is 0 Å². The summed E-state index contributed by atoms with van der Waals surface area (Å²) in [6.45, 7) is 2.56. The summed E-state index contributed by atoms with van der Waals surface area (Å²) in [7, 11) is 0. The third-order valence-corrected chi connectivity index (χ3v) is 5.21. The van der Waals surface area contributed by atoms with Gasteiger partial charge in [-0.2, -0.15) is 0 Å². The van der Waals surface area contributed by atoms with Crippen molar-refractivity contribution in [1.29, 1.82) is 0 Å². The van der Waals surface area contributed by atoms with Crippen LogP contribution in [0.5, 0.6) is 0 Å². The molecule has 1 aromatic rings. The number of carbonyl (C=O) groups is 1. The first-order valence-electron chi connectivity index (χ1n) is 7.33. The van der Waals surface area contributed by atoms with Crippen molar-refractivity contribution in [2.75, 3.05) is 0 Å². The van der Waals surface area contributed by atoms with Crippen molar-refractivity contribution in [3.8, 4) is 0 Å². The minimum atomic E-state index is -0.691. The predicted octanol–water partition coefficient (Wildman–Crippen LogP) is 3.07. The van der Waals surface area contributed by atoms with Crippen LogP contribution in [0.2, 0.25) is 0 Å². The summed E-state index contributed by atoms with van der Waals surface area (Å²) in [4.78, 5) is 14.8. The van der Waals surface area contributed by atoms with E-state index < -0.39 is 5.54 Å². The maximum Gasteiger partial charge on any atom is 0.243 e. The van der Waals surface area contributed by atoms with Crippen LogP contribution >= 0.6 is 15.9 Å². The van der Waals surface area contributed by atoms with Crippen molar-refractivity contribution in [2.45, 2.75) is 50.7 Å². The zero-order valence-electron chi connectivity index (χ0n) is 11.8. The van der Waals surface area contributed by atoms with Gasteiger partial charge in [0.2, 0.25) is 5.91 Å². The van der Waals surface area contributed by atoms with Crippen molar-refractivity contribution in [3.05, 3.63) is 34.3 Å². The molecule has 20 heavy (non-hydrogen) atoms. The van der Waals surface area contributed by atoms with Gasteiger partial charge in [0, 0.05) is 17.1 Å². The highest BCUT2D eigenvalue weighted by atomic mass is 79.9. The first kappa shape index (κ1) is 14.1. The third-order valence-electron chi connectivity index (χ3n) is 4.43. The highest BCUT2D eigenvalue weighted by molar-refractivity contribution is 9.10. The van der Waals surface area contributed by atoms with E-state index in [4.69, 9.17) is 5.73 Å². The molecule has 1 amide bonds. The number of amides is 1. The number of nitrogens with two attached hydrogens (primary N) is 1. The average molecular weight is 337 g/mol. The van der Waals surface area contributed by atoms with E-state index >= 15 is 0 Å². The Kier molecular flexibility index (Phi) is 3.63. The maximum absolute atomic E-state index is 12.8. The lowest BCUT2D eigenvalue weighted by atomic mass is 9.95. The summed E-state index contributed by atoms with van der Waals surface area (Å²) < 4.78 is 1.06. The molecule has 0 radical (unpaired) electrons. The lowest BCUT2D eigenvalue weighted by Crippen LogP contribution is -2.55. The molecule has 0 saturated heterocycles. The van der Waals surface area contributed by atoms with Crippen LogP contribution in [-0.4, -0.2) is 22.4 Å². The summed E-state index contributed by atoms with van der Waals surface area (Å²) in [6.07, 6.45) is 4.40. The fourth-order valence-electron chi connectivity index (χ4n) is 2.73. The van der Waals surface area contributed by atoms with Gasteiger partial charge in [-0.15, -0.1) is 0 Å². The molecule has 1 unspecified atom stereocenters. The Morgan fingerprint density at radius 1 is 1.35 bits per heavy atom. The normalized spacial score (nSPS) is 21.4. The lowest BCUT2D eigenvalue weighted by molar-refractivity contribution is -0.138. The number of benzene rings is 1. The van der Waals surface area contributed by atoms with Gasteiger partial charge >= 0.3 is 0 Å². The van der Waals surface area contributed by atoms with Crippen LogP contribution in [-0.2, 0) is 11.3 Å². The van der Waals surface area contributed by atoms with Gasteiger partial charge in [0.25, 0.3) is 0 Å². The summed E-state index contributed by atoms with van der Waals surface area (Å²) in [5.41, 5.74) is 6.78. The number of rotatable bonds is 5. The predicted molar refractivity (Wildman–Crippen MR) is 83.0 cm³/mol. The van der Waals surface area contributed by atoms with Crippen LogP contribution in [0, 0.1) is 5.92 Å². The van der Waals surface area contributed by atoms with Crippen LogP contribution in [0.1, 0.15) is 38.2 Å². The van der Waals surface area contributed by atoms with Crippen molar-refractivity contribution in [1.82, 2.24) is 4.90 Å². The Morgan fingerprint density at radius 3 is 2.55 bits per heavy atom. The van der Waals surface area contributed by atoms with E-state index in [-0.39, 0.29) is 5.91 Å². The summed E-state index contributed by atoms with van der Waals surface area (Å²) in [5, 5.41) is 0. The maximum atomic E-state index is 12.8. The number of carbonyl (C=O) groups excluding carboxylic acids is 1. The molecule has 108 valence electrons. The summed E-state index contributed by atoms with van der Waals surface area (Å²) in [5.74, 6) is 0.494. The van der Waals surface area contributed by atoms with E-state index in [1.165, 1.54) is 0 Å². The smallest absolute Gasteiger partial charge is 0.243 e. The van der Waals surface area contributed by atoms with Gasteiger partial charge in [-0.1, -0.05) is 34.1 Å². The van der Waals surface area contributed by atoms with Crippen LogP contribution in [0.25, 0.3) is 0 Å². The van der Waals surface area contributed by atoms with Crippen molar-refractivity contribution >= 4 is 21.8 Å². The van der Waals surface area contributed by atoms with E-state index in [2.05, 4.69) is 22.0 Å². The van der Waals surface area contributed by atoms with Gasteiger partial charge in [0.15, 0.2) is 0 Å². The molecule has 0 aromatic heterocycles. The third kappa shape index (κ3) is 2.77. The van der Waals surface area contributed by atoms with Crippen LogP contribution in [0.15, 0.2) is 28.7 Å². The van der Waals surface area contributed by atoms with Crippen LogP contribution < -0.4 is 5.73 Å². The minimum Gasteiger partial charge on any atom is -0.334 e. The second-order valence-electron chi connectivity index (χ2n) is 6.31. The molecule has 2 aliphatic rings. The molecule has 2 N–H and O–H groups in total. The van der Waals surface area contributed by atoms with Gasteiger partial charge < -0.3 is 10.6 Å². The van der Waals surface area contributed by atoms with Gasteiger partial charge in [0.1, 0.15) is 0 Å². The molecule has 0 spiro atoms. The Hall–Kier alpha value is -0.870. The van der Waals surface area contributed by atoms with E-state index in [9.17, 15) is 4.79 Å². The van der Waals surface area contributed by atoms with E-state index in [1.807, 2.05) is 30.0 Å². The monoisotopic (exact) mass is 336 g/mol. The molecule has 1 aromatic carbocycles. The Balaban J connectivity index is 1.79. The van der Waals surface area contributed by atoms with Crippen molar-refractivity contribution < 1.29 is 4.79 Å². The van der Waals surface area contributed by atoms with Gasteiger partial charge in [0.05, 0.1) is 5.54 Å². The van der Waals surface area contributed by atoms with E-state index in [1.54, 1.807) is 0 Å². The van der Waals surface area contributed by atoms with Crippen LogP contribution in [0.4, 0.5) is 0 Å². The first-order chi connectivity index (χ1) is 9.50. The Labute approximate surface area is 128 Å². The first-order valence-corrected chi connectivity index (χ1v) is 8.13. The fourth-order valence-corrected chi connectivity index (χ4v) is 3.14. The molecule has 0 aliphatic heterocycles. The number of hydrogen-bond acceptors (Lipinski definition) is 2. The van der Waals surface area contributed by atoms with Crippen LogP contribution in [0.3, 0.4) is 0 Å². The SMILES string of the molecule is CC(N)(C(=O)N(Cc1ccccc1Br)C1CC1)C1CC1. The zero-order valence-corrected chi connectivity index (χ0v) is 13.4. The largest absolute Gasteiger partial charge is 0.334 e. The highest BCUT2D eigenvalue weighted by Crippen LogP contribution is 2.41. The van der Waals surface area contributed by atoms with Crippen molar-refractivity contribution in [2.24, 2.45) is 11.7 Å². The molecule has 2 aliphatic carbocycles. The quantitative estimate of drug-likeness (QED) is 0.898. The highest BCUT2D eigenvalue weighted by Gasteiger charge is 2.48. The average Bonchev–Trinajstić information content (AvgIpc) is 3.29. The summed E-state index contributed by atoms with van der Waals surface area (Å²) in [6, 6.07) is 8.48. The molecule has 2 fully saturated rings. The molecule has 1 atom stereocenters. The number of halogens is 1. The van der Waals surface area contributed by atoms with E-state index in [0.717, 1.165) is 35.7 Å². The molecular formula is C16H21BrN2O. The molecule has 2 saturated carbocycles. The van der Waals surface area contributed by atoms with Gasteiger partial charge in [-0.05, 0) is 50.2 Å². The standard InChI is InChI=1S/C16H21BrN2O/c1-16(18,12-6-7-12)15(20)19(13-8-9-13)10-11-4-2-3-5-14(11)17/h2-5,12-13H,6-10,18H2,1H3. The van der Waals surface area contributed by atoms with Crippen molar-refractivity contribution in [3.63, 3.8) is 0 Å². The Morgan fingerprint density at radius 2 is 2.00 bits per heavy atom. The number of hydrogen-bond donors (Lipinski definition) is 1. The number of nitrogens with zero attached hydrogens (tertiary/aromatic N) is 1. The second kappa shape index (κ2) is 5.15.